The molecule has 1 atom stereocenters. The molecule has 7 heteroatoms. The molecule has 0 spiro atoms. The number of pyridine rings is 1. The quantitative estimate of drug-likeness (QED) is 0.352. The molecule has 0 saturated carbocycles. The summed E-state index contributed by atoms with van der Waals surface area (Å²) in [6.45, 7) is 6.63. The van der Waals surface area contributed by atoms with Crippen LogP contribution in [0.1, 0.15) is 30.9 Å². The van der Waals surface area contributed by atoms with Gasteiger partial charge in [0.1, 0.15) is 16.2 Å². The number of thiophene rings is 1. The average molecular weight is 438 g/mol. The number of aromatic nitrogens is 1. The third-order valence-electron chi connectivity index (χ3n) is 5.90. The lowest BCUT2D eigenvalue weighted by Gasteiger charge is -2.22. The molecule has 2 aromatic heterocycles. The van der Waals surface area contributed by atoms with E-state index >= 15 is 4.39 Å². The minimum absolute atomic E-state index is 0.0254. The normalized spacial score (nSPS) is 12.7. The molecular weight excluding hydrogens is 413 g/mol. The first-order valence-electron chi connectivity index (χ1n) is 10.2. The molecule has 0 aliphatic rings. The molecule has 0 bridgehead atoms. The second kappa shape index (κ2) is 8.32. The fraction of sp³-hybridized carbons (Fsp3) is 0.292. The van der Waals surface area contributed by atoms with E-state index in [2.05, 4.69) is 29.3 Å². The summed E-state index contributed by atoms with van der Waals surface area (Å²) in [6.07, 6.45) is 0. The average Bonchev–Trinajstić information content (AvgIpc) is 3.23. The Balaban J connectivity index is 2.03. The van der Waals surface area contributed by atoms with Gasteiger partial charge in [0.25, 0.3) is 5.56 Å². The fourth-order valence-electron chi connectivity index (χ4n) is 4.35. The summed E-state index contributed by atoms with van der Waals surface area (Å²) in [4.78, 5) is 27.2. The van der Waals surface area contributed by atoms with E-state index in [0.717, 1.165) is 10.9 Å². The molecule has 0 saturated heterocycles. The van der Waals surface area contributed by atoms with Crippen molar-refractivity contribution in [2.45, 2.75) is 26.7 Å². The van der Waals surface area contributed by atoms with Gasteiger partial charge in [-0.05, 0) is 65.3 Å². The SMILES string of the molecule is CNCC(c1ccc(-c2c(N=O)cc(C)c3[nH]c(=O)c4sccc4c23)cc1F)C(C)C. The largest absolute Gasteiger partial charge is 0.320 e. The van der Waals surface area contributed by atoms with E-state index in [0.29, 0.717) is 38.8 Å². The van der Waals surface area contributed by atoms with E-state index in [-0.39, 0.29) is 28.9 Å². The van der Waals surface area contributed by atoms with Crippen LogP contribution in [0.5, 0.6) is 0 Å². The van der Waals surface area contributed by atoms with Crippen LogP contribution in [0.2, 0.25) is 0 Å². The summed E-state index contributed by atoms with van der Waals surface area (Å²) < 4.78 is 15.9. The van der Waals surface area contributed by atoms with Crippen LogP contribution in [0, 0.1) is 23.6 Å². The summed E-state index contributed by atoms with van der Waals surface area (Å²) in [5.41, 5.74) is 3.17. The van der Waals surface area contributed by atoms with Gasteiger partial charge in [-0.25, -0.2) is 4.39 Å². The van der Waals surface area contributed by atoms with Gasteiger partial charge in [0.05, 0.1) is 5.52 Å². The van der Waals surface area contributed by atoms with E-state index in [1.807, 2.05) is 31.5 Å². The number of halogens is 1. The molecule has 1 unspecified atom stereocenters. The number of likely N-dealkylation sites (N-methyl/N-ethyl adjacent to an activating group) is 1. The molecular formula is C24H24FN3O2S. The maximum atomic E-state index is 15.3. The minimum atomic E-state index is -0.317. The van der Waals surface area contributed by atoms with Gasteiger partial charge in [-0.15, -0.1) is 16.2 Å². The number of nitrogens with one attached hydrogen (secondary N) is 2. The molecule has 4 aromatic rings. The molecule has 0 aliphatic carbocycles. The van der Waals surface area contributed by atoms with Crippen LogP contribution in [0.15, 0.2) is 45.7 Å². The van der Waals surface area contributed by atoms with Crippen molar-refractivity contribution in [1.82, 2.24) is 10.3 Å². The van der Waals surface area contributed by atoms with Crippen molar-refractivity contribution in [3.05, 3.63) is 67.9 Å². The molecule has 0 aliphatic heterocycles. The number of fused-ring (bicyclic) bond motifs is 3. The fourth-order valence-corrected chi connectivity index (χ4v) is 5.15. The van der Waals surface area contributed by atoms with Crippen molar-refractivity contribution in [1.29, 1.82) is 0 Å². The molecule has 2 N–H and O–H groups in total. The summed E-state index contributed by atoms with van der Waals surface area (Å²) in [5, 5.41) is 9.68. The van der Waals surface area contributed by atoms with Gasteiger partial charge in [-0.1, -0.05) is 26.0 Å². The standard InChI is InChI=1S/C24H24FN3O2S/c1-12(2)17(11-26-4)15-6-5-14(10-18(15)25)20-19(28-30)9-13(3)22-21(20)16-7-8-31-23(16)24(29)27-22/h5-10,12,17,26H,11H2,1-4H3,(H,27,29). The molecule has 160 valence electrons. The zero-order valence-electron chi connectivity index (χ0n) is 17.9. The van der Waals surface area contributed by atoms with Gasteiger partial charge in [-0.3, -0.25) is 4.79 Å². The first-order valence-corrected chi connectivity index (χ1v) is 11.1. The lowest BCUT2D eigenvalue weighted by molar-refractivity contribution is 0.457. The van der Waals surface area contributed by atoms with E-state index < -0.39 is 0 Å². The zero-order chi connectivity index (χ0) is 22.3. The monoisotopic (exact) mass is 437 g/mol. The molecule has 5 nitrogen and oxygen atoms in total. The van der Waals surface area contributed by atoms with Crippen molar-refractivity contribution in [3.8, 4) is 11.1 Å². The predicted molar refractivity (Wildman–Crippen MR) is 127 cm³/mol. The summed E-state index contributed by atoms with van der Waals surface area (Å²) in [6, 6.07) is 8.61. The zero-order valence-corrected chi connectivity index (χ0v) is 18.7. The van der Waals surface area contributed by atoms with Crippen LogP contribution in [0.25, 0.3) is 32.1 Å². The maximum Gasteiger partial charge on any atom is 0.266 e. The number of aromatic amines is 1. The Hall–Kier alpha value is -2.90. The minimum Gasteiger partial charge on any atom is -0.320 e. The van der Waals surface area contributed by atoms with Gasteiger partial charge in [0.15, 0.2) is 0 Å². The molecule has 0 amide bonds. The number of nitroso groups, excluding NO2 is 1. The Morgan fingerprint density at radius 2 is 2.00 bits per heavy atom. The Kier molecular flexibility index (Phi) is 5.73. The van der Waals surface area contributed by atoms with Crippen LogP contribution in [-0.2, 0) is 0 Å². The number of hydrogen-bond donors (Lipinski definition) is 2. The maximum absolute atomic E-state index is 15.3. The van der Waals surface area contributed by atoms with E-state index in [1.54, 1.807) is 12.1 Å². The van der Waals surface area contributed by atoms with Gasteiger partial charge in [0.2, 0.25) is 0 Å². The third-order valence-corrected chi connectivity index (χ3v) is 6.81. The third kappa shape index (κ3) is 3.58. The first-order chi connectivity index (χ1) is 14.9. The highest BCUT2D eigenvalue weighted by Crippen LogP contribution is 2.42. The highest BCUT2D eigenvalue weighted by molar-refractivity contribution is 7.17. The lowest BCUT2D eigenvalue weighted by Crippen LogP contribution is -2.22. The summed E-state index contributed by atoms with van der Waals surface area (Å²) in [5.74, 6) is -0.0314. The Morgan fingerprint density at radius 1 is 1.23 bits per heavy atom. The highest BCUT2D eigenvalue weighted by Gasteiger charge is 2.22. The number of aryl methyl sites for hydroxylation is 1. The molecule has 0 radical (unpaired) electrons. The van der Waals surface area contributed by atoms with Gasteiger partial charge in [0, 0.05) is 28.8 Å². The van der Waals surface area contributed by atoms with Gasteiger partial charge >= 0.3 is 0 Å². The number of nitrogens with zero attached hydrogens (tertiary/aromatic N) is 1. The molecule has 0 fully saturated rings. The number of rotatable bonds is 6. The van der Waals surface area contributed by atoms with Crippen molar-refractivity contribution in [2.75, 3.05) is 13.6 Å². The topological polar surface area (TPSA) is 74.3 Å². The van der Waals surface area contributed by atoms with Crippen LogP contribution >= 0.6 is 11.3 Å². The smallest absolute Gasteiger partial charge is 0.266 e. The van der Waals surface area contributed by atoms with Crippen molar-refractivity contribution >= 4 is 38.0 Å². The summed E-state index contributed by atoms with van der Waals surface area (Å²) in [7, 11) is 1.86. The summed E-state index contributed by atoms with van der Waals surface area (Å²) >= 11 is 1.34. The van der Waals surface area contributed by atoms with E-state index in [4.69, 9.17) is 0 Å². The van der Waals surface area contributed by atoms with E-state index in [9.17, 15) is 9.70 Å². The molecule has 2 aromatic carbocycles. The molecule has 2 heterocycles. The second-order valence-electron chi connectivity index (χ2n) is 8.19. The van der Waals surface area contributed by atoms with Gasteiger partial charge in [-0.2, -0.15) is 0 Å². The Labute approximate surface area is 183 Å². The van der Waals surface area contributed by atoms with Crippen LogP contribution in [0.3, 0.4) is 0 Å². The molecule has 4 rings (SSSR count). The second-order valence-corrected chi connectivity index (χ2v) is 9.11. The lowest BCUT2D eigenvalue weighted by atomic mass is 9.86. The van der Waals surface area contributed by atoms with E-state index in [1.165, 1.54) is 17.4 Å². The number of H-pyrrole nitrogens is 1. The van der Waals surface area contributed by atoms with Crippen molar-refractivity contribution < 1.29 is 4.39 Å². The highest BCUT2D eigenvalue weighted by atomic mass is 32.1. The predicted octanol–water partition coefficient (Wildman–Crippen LogP) is 6.21. The van der Waals surface area contributed by atoms with Crippen LogP contribution in [0.4, 0.5) is 10.1 Å². The van der Waals surface area contributed by atoms with Crippen LogP contribution in [-0.4, -0.2) is 18.6 Å². The van der Waals surface area contributed by atoms with Crippen molar-refractivity contribution in [3.63, 3.8) is 0 Å². The number of benzene rings is 2. The Bertz CT molecular complexity index is 1360. The Morgan fingerprint density at radius 3 is 2.65 bits per heavy atom. The van der Waals surface area contributed by atoms with Crippen molar-refractivity contribution in [2.24, 2.45) is 11.1 Å². The number of hydrogen-bond acceptors (Lipinski definition) is 5. The van der Waals surface area contributed by atoms with Crippen LogP contribution < -0.4 is 10.9 Å². The first kappa shape index (κ1) is 21.3. The van der Waals surface area contributed by atoms with Gasteiger partial charge < -0.3 is 10.3 Å². The molecule has 31 heavy (non-hydrogen) atoms.